The van der Waals surface area contributed by atoms with E-state index >= 15 is 0 Å². The molecule has 1 rings (SSSR count). The third-order valence-corrected chi connectivity index (χ3v) is 5.91. The standard InChI is InChI=1S/C21H39N5O5/c1-5-9-31-10-8-16(28)26-19-14(20(29)30)11-15(25-21(22)23)17(19)18(24-12(4)27)13(6-2)7-3/h13-15,17-19H,5-11H2,1-4H3,(H,24,27)(H,26,28)(H,29,30)(H4,22,23,25)/t14-,15+,17+,18+,19+/m0/s1. The van der Waals surface area contributed by atoms with Crippen LogP contribution in [0, 0.1) is 17.8 Å². The summed E-state index contributed by atoms with van der Waals surface area (Å²) >= 11 is 0. The van der Waals surface area contributed by atoms with Gasteiger partial charge in [0.2, 0.25) is 11.8 Å². The second kappa shape index (κ2) is 13.1. The van der Waals surface area contributed by atoms with Crippen LogP contribution in [0.25, 0.3) is 0 Å². The zero-order chi connectivity index (χ0) is 23.6. The lowest BCUT2D eigenvalue weighted by atomic mass is 9.79. The van der Waals surface area contributed by atoms with Crippen LogP contribution in [0.1, 0.15) is 59.8 Å². The van der Waals surface area contributed by atoms with Gasteiger partial charge in [-0.1, -0.05) is 33.6 Å². The summed E-state index contributed by atoms with van der Waals surface area (Å²) in [5.41, 5.74) is 11.3. The van der Waals surface area contributed by atoms with Crippen molar-refractivity contribution in [1.29, 1.82) is 0 Å². The number of nitrogens with zero attached hydrogens (tertiary/aromatic N) is 1. The molecule has 0 heterocycles. The molecular formula is C21H39N5O5. The van der Waals surface area contributed by atoms with E-state index in [1.165, 1.54) is 6.92 Å². The quantitative estimate of drug-likeness (QED) is 0.158. The molecular weight excluding hydrogens is 402 g/mol. The van der Waals surface area contributed by atoms with Crippen LogP contribution in [-0.2, 0) is 19.1 Å². The first kappa shape index (κ1) is 26.7. The van der Waals surface area contributed by atoms with Crippen molar-refractivity contribution in [2.24, 2.45) is 34.2 Å². The molecule has 0 aromatic rings. The van der Waals surface area contributed by atoms with E-state index in [2.05, 4.69) is 15.6 Å². The first-order valence-corrected chi connectivity index (χ1v) is 11.1. The largest absolute Gasteiger partial charge is 0.481 e. The van der Waals surface area contributed by atoms with Crippen molar-refractivity contribution in [3.05, 3.63) is 0 Å². The lowest BCUT2D eigenvalue weighted by Gasteiger charge is -2.37. The highest BCUT2D eigenvalue weighted by Crippen LogP contribution is 2.39. The molecule has 1 fully saturated rings. The zero-order valence-corrected chi connectivity index (χ0v) is 19.1. The number of aliphatic imine (C=N–C) groups is 1. The van der Waals surface area contributed by atoms with Crippen molar-refractivity contribution in [1.82, 2.24) is 10.6 Å². The minimum absolute atomic E-state index is 0.0745. The summed E-state index contributed by atoms with van der Waals surface area (Å²) in [4.78, 5) is 41.0. The molecule has 0 saturated heterocycles. The van der Waals surface area contributed by atoms with Gasteiger partial charge in [0.1, 0.15) is 0 Å². The summed E-state index contributed by atoms with van der Waals surface area (Å²) < 4.78 is 5.38. The number of rotatable bonds is 13. The number of carboxylic acids is 1. The topological polar surface area (TPSA) is 169 Å². The molecule has 31 heavy (non-hydrogen) atoms. The highest BCUT2D eigenvalue weighted by atomic mass is 16.5. The minimum atomic E-state index is -1.03. The van der Waals surface area contributed by atoms with Crippen LogP contribution < -0.4 is 22.1 Å². The van der Waals surface area contributed by atoms with Gasteiger partial charge in [-0.3, -0.25) is 14.4 Å². The maximum absolute atomic E-state index is 12.6. The van der Waals surface area contributed by atoms with Gasteiger partial charge >= 0.3 is 5.97 Å². The van der Waals surface area contributed by atoms with Gasteiger partial charge in [-0.2, -0.15) is 0 Å². The molecule has 0 radical (unpaired) electrons. The van der Waals surface area contributed by atoms with Gasteiger partial charge in [0.15, 0.2) is 5.96 Å². The number of carbonyl (C=O) groups is 3. The number of amides is 2. The SMILES string of the molecule is CCCOCCC(=O)N[C@H]1[C@@H]([C@H](NC(C)=O)C(CC)CC)[C@H](N=C(N)N)C[C@@H]1C(=O)O. The minimum Gasteiger partial charge on any atom is -0.481 e. The Balaban J connectivity index is 3.28. The number of carboxylic acid groups (broad SMARTS) is 1. The fourth-order valence-electron chi connectivity index (χ4n) is 4.54. The molecule has 0 spiro atoms. The highest BCUT2D eigenvalue weighted by molar-refractivity contribution is 5.79. The van der Waals surface area contributed by atoms with E-state index in [0.717, 1.165) is 19.3 Å². The molecule has 10 heteroatoms. The Morgan fingerprint density at radius 3 is 2.29 bits per heavy atom. The van der Waals surface area contributed by atoms with Crippen LogP contribution in [0.2, 0.25) is 0 Å². The van der Waals surface area contributed by atoms with Crippen LogP contribution in [0.3, 0.4) is 0 Å². The van der Waals surface area contributed by atoms with E-state index in [9.17, 15) is 19.5 Å². The van der Waals surface area contributed by atoms with E-state index in [1.807, 2.05) is 20.8 Å². The summed E-state index contributed by atoms with van der Waals surface area (Å²) in [6.07, 6.45) is 2.69. The van der Waals surface area contributed by atoms with Crippen molar-refractivity contribution in [2.75, 3.05) is 13.2 Å². The highest BCUT2D eigenvalue weighted by Gasteiger charge is 2.52. The number of nitrogens with one attached hydrogen (secondary N) is 2. The second-order valence-electron chi connectivity index (χ2n) is 8.14. The third kappa shape index (κ3) is 8.01. The smallest absolute Gasteiger partial charge is 0.308 e. The van der Waals surface area contributed by atoms with Gasteiger partial charge in [-0.05, 0) is 18.8 Å². The zero-order valence-electron chi connectivity index (χ0n) is 19.1. The van der Waals surface area contributed by atoms with Crippen molar-refractivity contribution in [2.45, 2.75) is 77.9 Å². The molecule has 2 amide bonds. The van der Waals surface area contributed by atoms with Crippen LogP contribution in [0.15, 0.2) is 4.99 Å². The number of hydrogen-bond donors (Lipinski definition) is 5. The molecule has 0 aromatic carbocycles. The lowest BCUT2D eigenvalue weighted by molar-refractivity contribution is -0.142. The van der Waals surface area contributed by atoms with Crippen molar-refractivity contribution >= 4 is 23.7 Å². The number of ether oxygens (including phenoxy) is 1. The predicted octanol–water partition coefficient (Wildman–Crippen LogP) is 0.592. The Hall–Kier alpha value is -2.36. The molecule has 7 N–H and O–H groups in total. The number of aliphatic carboxylic acids is 1. The Labute approximate surface area is 184 Å². The van der Waals surface area contributed by atoms with Gasteiger partial charge < -0.3 is 31.9 Å². The van der Waals surface area contributed by atoms with Crippen LogP contribution in [0.4, 0.5) is 0 Å². The van der Waals surface area contributed by atoms with Gasteiger partial charge in [0.05, 0.1) is 18.6 Å². The van der Waals surface area contributed by atoms with Crippen molar-refractivity contribution in [3.63, 3.8) is 0 Å². The molecule has 1 aliphatic carbocycles. The molecule has 0 aromatic heterocycles. The molecule has 178 valence electrons. The number of carbonyl (C=O) groups excluding carboxylic acids is 2. The van der Waals surface area contributed by atoms with Gasteiger partial charge in [-0.25, -0.2) is 4.99 Å². The van der Waals surface area contributed by atoms with Gasteiger partial charge in [0.25, 0.3) is 0 Å². The van der Waals surface area contributed by atoms with E-state index in [0.29, 0.717) is 6.61 Å². The second-order valence-corrected chi connectivity index (χ2v) is 8.14. The normalized spacial score (nSPS) is 23.9. The van der Waals surface area contributed by atoms with Crippen LogP contribution >= 0.6 is 0 Å². The number of hydrogen-bond acceptors (Lipinski definition) is 5. The summed E-state index contributed by atoms with van der Waals surface area (Å²) in [6, 6.07) is -1.64. The van der Waals surface area contributed by atoms with E-state index < -0.39 is 29.9 Å². The Morgan fingerprint density at radius 1 is 1.16 bits per heavy atom. The first-order chi connectivity index (χ1) is 14.7. The van der Waals surface area contributed by atoms with E-state index in [-0.39, 0.29) is 49.2 Å². The Morgan fingerprint density at radius 2 is 1.81 bits per heavy atom. The molecule has 5 atom stereocenters. The average molecular weight is 442 g/mol. The molecule has 0 aliphatic heterocycles. The van der Waals surface area contributed by atoms with E-state index in [1.54, 1.807) is 0 Å². The van der Waals surface area contributed by atoms with E-state index in [4.69, 9.17) is 16.2 Å². The van der Waals surface area contributed by atoms with Gasteiger partial charge in [-0.15, -0.1) is 0 Å². The fraction of sp³-hybridized carbons (Fsp3) is 0.810. The summed E-state index contributed by atoms with van der Waals surface area (Å²) in [7, 11) is 0. The Kier molecular flexibility index (Phi) is 11.3. The Bertz CT molecular complexity index is 634. The monoisotopic (exact) mass is 441 g/mol. The summed E-state index contributed by atoms with van der Waals surface area (Å²) in [6.45, 7) is 8.25. The van der Waals surface area contributed by atoms with Crippen molar-refractivity contribution < 1.29 is 24.2 Å². The first-order valence-electron chi connectivity index (χ1n) is 11.1. The van der Waals surface area contributed by atoms with Gasteiger partial charge in [0, 0.05) is 38.0 Å². The van der Waals surface area contributed by atoms with Crippen LogP contribution in [-0.4, -0.2) is 60.2 Å². The molecule has 1 saturated carbocycles. The molecule has 10 nitrogen and oxygen atoms in total. The molecule has 0 unspecified atom stereocenters. The maximum atomic E-state index is 12.6. The van der Waals surface area contributed by atoms with Crippen LogP contribution in [0.5, 0.6) is 0 Å². The average Bonchev–Trinajstić information content (AvgIpc) is 3.02. The third-order valence-electron chi connectivity index (χ3n) is 5.91. The summed E-state index contributed by atoms with van der Waals surface area (Å²) in [5, 5.41) is 15.7. The summed E-state index contributed by atoms with van der Waals surface area (Å²) in [5.74, 6) is -2.96. The number of nitrogens with two attached hydrogens (primary N) is 2. The predicted molar refractivity (Wildman–Crippen MR) is 118 cm³/mol. The lowest BCUT2D eigenvalue weighted by Crippen LogP contribution is -2.55. The fourth-order valence-corrected chi connectivity index (χ4v) is 4.54. The maximum Gasteiger partial charge on any atom is 0.308 e. The number of guanidine groups is 1. The van der Waals surface area contributed by atoms with Crippen molar-refractivity contribution in [3.8, 4) is 0 Å². The molecule has 0 bridgehead atoms. The molecule has 1 aliphatic rings.